The SMILES string of the molecule is COc1ccc(N=C2NC(=O)/C(=C/c3cccc(OC)c3OCc3ccc(Cl)cc3)S2)cc1. The molecule has 0 unspecified atom stereocenters. The van der Waals surface area contributed by atoms with Gasteiger partial charge >= 0.3 is 0 Å². The van der Waals surface area contributed by atoms with Gasteiger partial charge in [-0.2, -0.15) is 0 Å². The predicted molar refractivity (Wildman–Crippen MR) is 133 cm³/mol. The number of amides is 1. The molecule has 0 aliphatic carbocycles. The van der Waals surface area contributed by atoms with Crippen molar-refractivity contribution in [1.82, 2.24) is 5.32 Å². The molecule has 1 amide bonds. The Kier molecular flexibility index (Phi) is 7.22. The van der Waals surface area contributed by atoms with Crippen molar-refractivity contribution in [1.29, 1.82) is 0 Å². The first-order valence-corrected chi connectivity index (χ1v) is 11.2. The number of benzene rings is 3. The van der Waals surface area contributed by atoms with Crippen LogP contribution in [0.2, 0.25) is 5.02 Å². The van der Waals surface area contributed by atoms with Crippen LogP contribution < -0.4 is 19.5 Å². The summed E-state index contributed by atoms with van der Waals surface area (Å²) in [5.74, 6) is 1.65. The van der Waals surface area contributed by atoms with E-state index in [1.54, 1.807) is 20.3 Å². The molecule has 1 fully saturated rings. The van der Waals surface area contributed by atoms with Crippen LogP contribution in [-0.4, -0.2) is 25.3 Å². The standard InChI is InChI=1S/C25H21ClN2O4S/c1-30-20-12-10-19(11-13-20)27-25-28-24(29)22(33-25)14-17-4-3-5-21(31-2)23(17)32-15-16-6-8-18(26)9-7-16/h3-14H,15H2,1-2H3,(H,27,28,29)/b22-14-. The number of amidine groups is 1. The summed E-state index contributed by atoms with van der Waals surface area (Å²) in [6.45, 7) is 0.331. The highest BCUT2D eigenvalue weighted by Gasteiger charge is 2.24. The van der Waals surface area contributed by atoms with Crippen molar-refractivity contribution in [2.45, 2.75) is 6.61 Å². The number of aliphatic imine (C=N–C) groups is 1. The maximum Gasteiger partial charge on any atom is 0.264 e. The minimum atomic E-state index is -0.223. The molecule has 1 N–H and O–H groups in total. The Labute approximate surface area is 201 Å². The number of rotatable bonds is 7. The van der Waals surface area contributed by atoms with E-state index in [-0.39, 0.29) is 5.91 Å². The first-order valence-electron chi connectivity index (χ1n) is 10.0. The van der Waals surface area contributed by atoms with Crippen LogP contribution in [0.5, 0.6) is 17.2 Å². The number of para-hydroxylation sites is 1. The molecule has 1 aliphatic heterocycles. The molecule has 1 aliphatic rings. The van der Waals surface area contributed by atoms with E-state index in [9.17, 15) is 4.79 Å². The largest absolute Gasteiger partial charge is 0.497 e. The second kappa shape index (κ2) is 10.5. The van der Waals surface area contributed by atoms with Crippen LogP contribution in [0.1, 0.15) is 11.1 Å². The lowest BCUT2D eigenvalue weighted by Gasteiger charge is -2.14. The first-order chi connectivity index (χ1) is 16.1. The number of ether oxygens (including phenoxy) is 3. The zero-order chi connectivity index (χ0) is 23.2. The smallest absolute Gasteiger partial charge is 0.264 e. The summed E-state index contributed by atoms with van der Waals surface area (Å²) in [5, 5.41) is 3.97. The summed E-state index contributed by atoms with van der Waals surface area (Å²) in [6.07, 6.45) is 1.77. The van der Waals surface area contributed by atoms with Crippen molar-refractivity contribution in [3.05, 3.63) is 87.8 Å². The zero-order valence-corrected chi connectivity index (χ0v) is 19.6. The fourth-order valence-corrected chi connectivity index (χ4v) is 4.05. The Balaban J connectivity index is 1.56. The van der Waals surface area contributed by atoms with Crippen molar-refractivity contribution < 1.29 is 19.0 Å². The lowest BCUT2D eigenvalue weighted by Crippen LogP contribution is -2.19. The van der Waals surface area contributed by atoms with Crippen LogP contribution in [0.4, 0.5) is 5.69 Å². The number of hydrogen-bond donors (Lipinski definition) is 1. The molecule has 3 aromatic carbocycles. The molecule has 1 saturated heterocycles. The molecule has 0 bridgehead atoms. The van der Waals surface area contributed by atoms with Gasteiger partial charge in [-0.3, -0.25) is 4.79 Å². The van der Waals surface area contributed by atoms with E-state index in [1.807, 2.05) is 66.7 Å². The minimum Gasteiger partial charge on any atom is -0.497 e. The average molecular weight is 481 g/mol. The Morgan fingerprint density at radius 2 is 1.76 bits per heavy atom. The highest BCUT2D eigenvalue weighted by molar-refractivity contribution is 8.18. The van der Waals surface area contributed by atoms with E-state index in [1.165, 1.54) is 11.8 Å². The van der Waals surface area contributed by atoms with Gasteiger partial charge in [0.2, 0.25) is 0 Å². The molecule has 8 heteroatoms. The number of thioether (sulfide) groups is 1. The molecule has 33 heavy (non-hydrogen) atoms. The fourth-order valence-electron chi connectivity index (χ4n) is 3.09. The average Bonchev–Trinajstić information content (AvgIpc) is 3.17. The quantitative estimate of drug-likeness (QED) is 0.431. The monoisotopic (exact) mass is 480 g/mol. The zero-order valence-electron chi connectivity index (χ0n) is 18.0. The summed E-state index contributed by atoms with van der Waals surface area (Å²) in [6, 6.07) is 20.3. The van der Waals surface area contributed by atoms with Crippen molar-refractivity contribution >= 4 is 46.2 Å². The molecule has 0 spiro atoms. The molecule has 0 saturated carbocycles. The summed E-state index contributed by atoms with van der Waals surface area (Å²) in [5.41, 5.74) is 2.41. The van der Waals surface area contributed by atoms with Crippen molar-refractivity contribution in [3.63, 3.8) is 0 Å². The van der Waals surface area contributed by atoms with Gasteiger partial charge in [-0.1, -0.05) is 35.9 Å². The third kappa shape index (κ3) is 5.69. The maximum atomic E-state index is 12.6. The van der Waals surface area contributed by atoms with Gasteiger partial charge in [0.05, 0.1) is 24.8 Å². The van der Waals surface area contributed by atoms with Crippen LogP contribution in [0, 0.1) is 0 Å². The van der Waals surface area contributed by atoms with E-state index in [0.29, 0.717) is 38.9 Å². The number of halogens is 1. The second-order valence-corrected chi connectivity index (χ2v) is 8.44. The van der Waals surface area contributed by atoms with Gasteiger partial charge in [-0.05, 0) is 65.9 Å². The van der Waals surface area contributed by atoms with Crippen molar-refractivity contribution in [2.75, 3.05) is 14.2 Å². The number of carbonyl (C=O) groups is 1. The number of methoxy groups -OCH3 is 2. The summed E-state index contributed by atoms with van der Waals surface area (Å²) in [7, 11) is 3.19. The topological polar surface area (TPSA) is 69.2 Å². The third-order valence-corrected chi connectivity index (χ3v) is 5.93. The van der Waals surface area contributed by atoms with Gasteiger partial charge in [0.25, 0.3) is 5.91 Å². The maximum absolute atomic E-state index is 12.6. The Bertz CT molecular complexity index is 1210. The molecule has 3 aromatic rings. The van der Waals surface area contributed by atoms with Gasteiger partial charge in [-0.15, -0.1) is 0 Å². The molecular weight excluding hydrogens is 460 g/mol. The van der Waals surface area contributed by atoms with Crippen LogP contribution >= 0.6 is 23.4 Å². The molecule has 4 rings (SSSR count). The Morgan fingerprint density at radius 3 is 2.45 bits per heavy atom. The Hall–Kier alpha value is -3.42. The van der Waals surface area contributed by atoms with Crippen LogP contribution in [0.25, 0.3) is 6.08 Å². The highest BCUT2D eigenvalue weighted by atomic mass is 35.5. The van der Waals surface area contributed by atoms with E-state index < -0.39 is 0 Å². The summed E-state index contributed by atoms with van der Waals surface area (Å²) < 4.78 is 16.7. The Morgan fingerprint density at radius 1 is 1.00 bits per heavy atom. The number of nitrogens with zero attached hydrogens (tertiary/aromatic N) is 1. The number of nitrogens with one attached hydrogen (secondary N) is 1. The molecular formula is C25H21ClN2O4S. The summed E-state index contributed by atoms with van der Waals surface area (Å²) >= 11 is 7.23. The van der Waals surface area contributed by atoms with E-state index in [0.717, 1.165) is 16.9 Å². The van der Waals surface area contributed by atoms with Crippen molar-refractivity contribution in [2.24, 2.45) is 4.99 Å². The predicted octanol–water partition coefficient (Wildman–Crippen LogP) is 5.83. The van der Waals surface area contributed by atoms with Gasteiger partial charge < -0.3 is 19.5 Å². The van der Waals surface area contributed by atoms with E-state index in [2.05, 4.69) is 10.3 Å². The van der Waals surface area contributed by atoms with Gasteiger partial charge in [0.15, 0.2) is 16.7 Å². The molecule has 168 valence electrons. The van der Waals surface area contributed by atoms with Crippen LogP contribution in [0.3, 0.4) is 0 Å². The van der Waals surface area contributed by atoms with Gasteiger partial charge in [0.1, 0.15) is 12.4 Å². The lowest BCUT2D eigenvalue weighted by atomic mass is 10.1. The molecule has 0 atom stereocenters. The van der Waals surface area contributed by atoms with E-state index >= 15 is 0 Å². The van der Waals surface area contributed by atoms with E-state index in [4.69, 9.17) is 25.8 Å². The molecule has 6 nitrogen and oxygen atoms in total. The van der Waals surface area contributed by atoms with Crippen LogP contribution in [0.15, 0.2) is 76.6 Å². The second-order valence-electron chi connectivity index (χ2n) is 6.97. The third-order valence-electron chi connectivity index (χ3n) is 4.77. The number of hydrogen-bond acceptors (Lipinski definition) is 6. The fraction of sp³-hybridized carbons (Fsp3) is 0.120. The first kappa shape index (κ1) is 22.8. The van der Waals surface area contributed by atoms with Crippen molar-refractivity contribution in [3.8, 4) is 17.2 Å². The van der Waals surface area contributed by atoms with Crippen LogP contribution in [-0.2, 0) is 11.4 Å². The number of carbonyl (C=O) groups excluding carboxylic acids is 1. The highest BCUT2D eigenvalue weighted by Crippen LogP contribution is 2.36. The van der Waals surface area contributed by atoms with Gasteiger partial charge in [-0.25, -0.2) is 4.99 Å². The molecule has 0 radical (unpaired) electrons. The normalized spacial score (nSPS) is 15.5. The minimum absolute atomic E-state index is 0.223. The van der Waals surface area contributed by atoms with Gasteiger partial charge in [0, 0.05) is 10.6 Å². The summed E-state index contributed by atoms with van der Waals surface area (Å²) in [4.78, 5) is 17.6. The molecule has 0 aromatic heterocycles. The lowest BCUT2D eigenvalue weighted by molar-refractivity contribution is -0.115. The molecule has 1 heterocycles.